The summed E-state index contributed by atoms with van der Waals surface area (Å²) in [5.41, 5.74) is 1.78. The summed E-state index contributed by atoms with van der Waals surface area (Å²) in [5.74, 6) is -1.10. The zero-order valence-corrected chi connectivity index (χ0v) is 14.1. The highest BCUT2D eigenvalue weighted by atomic mass is 35.5. The molecule has 1 aromatic rings. The van der Waals surface area contributed by atoms with E-state index < -0.39 is 11.9 Å². The molecule has 2 atom stereocenters. The largest absolute Gasteiger partial charge is 0.466 e. The zero-order chi connectivity index (χ0) is 17.0. The Morgan fingerprint density at radius 1 is 1.09 bits per heavy atom. The molecule has 0 unspecified atom stereocenters. The van der Waals surface area contributed by atoms with Crippen molar-refractivity contribution in [2.45, 2.75) is 19.3 Å². The maximum atomic E-state index is 12.2. The lowest BCUT2D eigenvalue weighted by atomic mass is 9.74. The average molecular weight is 335 g/mol. The van der Waals surface area contributed by atoms with Gasteiger partial charge in [-0.2, -0.15) is 0 Å². The van der Waals surface area contributed by atoms with Crippen molar-refractivity contribution in [2.75, 3.05) is 14.2 Å². The van der Waals surface area contributed by atoms with Crippen molar-refractivity contribution in [1.29, 1.82) is 0 Å². The van der Waals surface area contributed by atoms with Crippen LogP contribution < -0.4 is 0 Å². The predicted octanol–water partition coefficient (Wildman–Crippen LogP) is 3.66. The molecule has 0 aliphatic heterocycles. The van der Waals surface area contributed by atoms with Gasteiger partial charge >= 0.3 is 11.9 Å². The first kappa shape index (κ1) is 17.3. The van der Waals surface area contributed by atoms with Crippen molar-refractivity contribution in [1.82, 2.24) is 0 Å². The normalized spacial score (nSPS) is 20.3. The molecule has 0 amide bonds. The van der Waals surface area contributed by atoms with E-state index in [0.717, 1.165) is 12.0 Å². The minimum atomic E-state index is -0.459. The highest BCUT2D eigenvalue weighted by Gasteiger charge is 2.33. The Morgan fingerprint density at radius 3 is 2.22 bits per heavy atom. The first-order valence-corrected chi connectivity index (χ1v) is 7.75. The van der Waals surface area contributed by atoms with Crippen LogP contribution in [0.1, 0.15) is 24.8 Å². The number of halogens is 1. The van der Waals surface area contributed by atoms with E-state index in [1.54, 1.807) is 18.2 Å². The number of hydrogen-bond acceptors (Lipinski definition) is 4. The molecule has 122 valence electrons. The van der Waals surface area contributed by atoms with E-state index in [1.807, 2.05) is 25.1 Å². The number of allylic oxidation sites excluding steroid dienone is 1. The van der Waals surface area contributed by atoms with Gasteiger partial charge in [0.05, 0.1) is 19.8 Å². The van der Waals surface area contributed by atoms with Gasteiger partial charge in [0.25, 0.3) is 0 Å². The SMILES string of the molecule is CC[C@H]1C=C(C(=O)OC)C=C(C(=O)OC)[C@@H]1c1ccc(Cl)cc1. The second-order valence-electron chi connectivity index (χ2n) is 5.31. The quantitative estimate of drug-likeness (QED) is 0.788. The number of hydrogen-bond donors (Lipinski definition) is 0. The topological polar surface area (TPSA) is 52.6 Å². The second-order valence-corrected chi connectivity index (χ2v) is 5.74. The van der Waals surface area contributed by atoms with Gasteiger partial charge in [0.1, 0.15) is 0 Å². The zero-order valence-electron chi connectivity index (χ0n) is 13.3. The molecule has 0 saturated carbocycles. The van der Waals surface area contributed by atoms with Crippen molar-refractivity contribution in [3.05, 3.63) is 58.1 Å². The Bertz CT molecular complexity index is 658. The molecule has 2 rings (SSSR count). The summed E-state index contributed by atoms with van der Waals surface area (Å²) in [6.45, 7) is 2.01. The third kappa shape index (κ3) is 3.64. The lowest BCUT2D eigenvalue weighted by Gasteiger charge is -2.29. The maximum absolute atomic E-state index is 12.2. The second kappa shape index (κ2) is 7.47. The van der Waals surface area contributed by atoms with Crippen molar-refractivity contribution in [3.8, 4) is 0 Å². The standard InChI is InChI=1S/C18H19ClO4/c1-4-11-9-13(17(20)22-2)10-15(18(21)23-3)16(11)12-5-7-14(19)8-6-12/h5-11,16H,4H2,1-3H3/t11-,16-/m0/s1. The summed E-state index contributed by atoms with van der Waals surface area (Å²) in [5, 5.41) is 0.631. The van der Waals surface area contributed by atoms with Gasteiger partial charge in [0.15, 0.2) is 0 Å². The highest BCUT2D eigenvalue weighted by Crippen LogP contribution is 2.40. The van der Waals surface area contributed by atoms with Gasteiger partial charge in [-0.1, -0.05) is 36.7 Å². The van der Waals surface area contributed by atoms with Crippen LogP contribution in [-0.4, -0.2) is 26.2 Å². The minimum Gasteiger partial charge on any atom is -0.466 e. The van der Waals surface area contributed by atoms with Crippen molar-refractivity contribution in [3.63, 3.8) is 0 Å². The number of benzene rings is 1. The molecule has 23 heavy (non-hydrogen) atoms. The molecular weight excluding hydrogens is 316 g/mol. The third-order valence-corrected chi connectivity index (χ3v) is 4.26. The van der Waals surface area contributed by atoms with E-state index in [1.165, 1.54) is 14.2 Å². The van der Waals surface area contributed by atoms with Crippen LogP contribution in [0.15, 0.2) is 47.6 Å². The Hall–Kier alpha value is -2.07. The summed E-state index contributed by atoms with van der Waals surface area (Å²) < 4.78 is 9.69. The Labute approximate surface area is 140 Å². The lowest BCUT2D eigenvalue weighted by molar-refractivity contribution is -0.136. The summed E-state index contributed by atoms with van der Waals surface area (Å²) >= 11 is 5.95. The molecule has 0 fully saturated rings. The first-order chi connectivity index (χ1) is 11.0. The highest BCUT2D eigenvalue weighted by molar-refractivity contribution is 6.30. The number of carbonyl (C=O) groups excluding carboxylic acids is 2. The monoisotopic (exact) mass is 334 g/mol. The predicted molar refractivity (Wildman–Crippen MR) is 88.2 cm³/mol. The summed E-state index contributed by atoms with van der Waals surface area (Å²) in [6, 6.07) is 7.36. The fourth-order valence-electron chi connectivity index (χ4n) is 2.86. The molecule has 0 saturated heterocycles. The summed E-state index contributed by atoms with van der Waals surface area (Å²) in [4.78, 5) is 24.1. The number of rotatable bonds is 4. The number of esters is 2. The molecule has 0 spiro atoms. The van der Waals surface area contributed by atoms with Gasteiger partial charge in [-0.15, -0.1) is 0 Å². The number of ether oxygens (including phenoxy) is 2. The Morgan fingerprint density at radius 2 is 1.70 bits per heavy atom. The molecule has 1 aliphatic rings. The van der Waals surface area contributed by atoms with Crippen LogP contribution in [0, 0.1) is 5.92 Å². The molecule has 1 aliphatic carbocycles. The van der Waals surface area contributed by atoms with Gasteiger partial charge in [-0.25, -0.2) is 9.59 Å². The smallest absolute Gasteiger partial charge is 0.337 e. The van der Waals surface area contributed by atoms with Crippen LogP contribution >= 0.6 is 11.6 Å². The molecule has 0 radical (unpaired) electrons. The fourth-order valence-corrected chi connectivity index (χ4v) is 2.99. The van der Waals surface area contributed by atoms with E-state index in [4.69, 9.17) is 21.1 Å². The third-order valence-electron chi connectivity index (χ3n) is 4.01. The van der Waals surface area contributed by atoms with Crippen molar-refractivity contribution >= 4 is 23.5 Å². The molecular formula is C18H19ClO4. The van der Waals surface area contributed by atoms with Crippen LogP contribution in [0.3, 0.4) is 0 Å². The van der Waals surface area contributed by atoms with Gasteiger partial charge in [-0.05, 0) is 36.1 Å². The molecule has 5 heteroatoms. The van der Waals surface area contributed by atoms with Gasteiger partial charge < -0.3 is 9.47 Å². The lowest BCUT2D eigenvalue weighted by Crippen LogP contribution is -2.24. The number of carbonyl (C=O) groups is 2. The van der Waals surface area contributed by atoms with Crippen LogP contribution in [0.25, 0.3) is 0 Å². The first-order valence-electron chi connectivity index (χ1n) is 7.37. The molecule has 4 nitrogen and oxygen atoms in total. The van der Waals surface area contributed by atoms with E-state index in [-0.39, 0.29) is 11.8 Å². The van der Waals surface area contributed by atoms with E-state index in [2.05, 4.69) is 0 Å². The van der Waals surface area contributed by atoms with Crippen molar-refractivity contribution < 1.29 is 19.1 Å². The molecule has 0 N–H and O–H groups in total. The van der Waals surface area contributed by atoms with Crippen LogP contribution in [0.4, 0.5) is 0 Å². The van der Waals surface area contributed by atoms with E-state index in [0.29, 0.717) is 16.2 Å². The van der Waals surface area contributed by atoms with Gasteiger partial charge in [0.2, 0.25) is 0 Å². The van der Waals surface area contributed by atoms with Crippen LogP contribution in [0.5, 0.6) is 0 Å². The molecule has 0 heterocycles. The van der Waals surface area contributed by atoms with E-state index in [9.17, 15) is 9.59 Å². The molecule has 0 aromatic heterocycles. The van der Waals surface area contributed by atoms with Crippen LogP contribution in [0.2, 0.25) is 5.02 Å². The Kier molecular flexibility index (Phi) is 5.61. The van der Waals surface area contributed by atoms with Crippen molar-refractivity contribution in [2.24, 2.45) is 5.92 Å². The Balaban J connectivity index is 2.52. The summed E-state index contributed by atoms with van der Waals surface area (Å²) in [7, 11) is 2.65. The summed E-state index contributed by atoms with van der Waals surface area (Å²) in [6.07, 6.45) is 4.18. The maximum Gasteiger partial charge on any atom is 0.337 e. The van der Waals surface area contributed by atoms with Crippen LogP contribution in [-0.2, 0) is 19.1 Å². The molecule has 0 bridgehead atoms. The minimum absolute atomic E-state index is 0.00984. The fraction of sp³-hybridized carbons (Fsp3) is 0.333. The van der Waals surface area contributed by atoms with E-state index >= 15 is 0 Å². The molecule has 1 aromatic carbocycles. The number of methoxy groups -OCH3 is 2. The van der Waals surface area contributed by atoms with Gasteiger partial charge in [-0.3, -0.25) is 0 Å². The average Bonchev–Trinajstić information content (AvgIpc) is 2.59. The van der Waals surface area contributed by atoms with Gasteiger partial charge in [0, 0.05) is 16.5 Å².